The maximum atomic E-state index is 13.4. The van der Waals surface area contributed by atoms with Crippen LogP contribution < -0.4 is 14.8 Å². The van der Waals surface area contributed by atoms with Crippen LogP contribution in [-0.2, 0) is 17.6 Å². The van der Waals surface area contributed by atoms with Gasteiger partial charge in [-0.15, -0.1) is 0 Å². The van der Waals surface area contributed by atoms with E-state index in [4.69, 9.17) is 9.47 Å². The van der Waals surface area contributed by atoms with Crippen LogP contribution in [0.4, 0.5) is 26.3 Å². The van der Waals surface area contributed by atoms with Crippen LogP contribution >= 0.6 is 0 Å². The van der Waals surface area contributed by atoms with Crippen LogP contribution in [0.15, 0.2) is 54.7 Å². The lowest BCUT2D eigenvalue weighted by molar-refractivity contribution is -0.376. The van der Waals surface area contributed by atoms with Crippen LogP contribution in [0.5, 0.6) is 23.0 Å². The molecular weight excluding hydrogens is 620 g/mol. The molecule has 0 spiro atoms. The van der Waals surface area contributed by atoms with Gasteiger partial charge in [-0.3, -0.25) is 20.0 Å². The van der Waals surface area contributed by atoms with Gasteiger partial charge in [0.05, 0.1) is 35.6 Å². The smallest absolute Gasteiger partial charge is 0.430 e. The van der Waals surface area contributed by atoms with Crippen molar-refractivity contribution < 1.29 is 50.8 Å². The number of phenolic OH excluding ortho intramolecular Hbond substituents is 1. The number of carbonyl (C=O) groups is 1. The Morgan fingerprint density at radius 2 is 1.72 bits per heavy atom. The predicted molar refractivity (Wildman–Crippen MR) is 156 cm³/mol. The summed E-state index contributed by atoms with van der Waals surface area (Å²) in [6.45, 7) is 8.25. The summed E-state index contributed by atoms with van der Waals surface area (Å²) >= 11 is 0. The third kappa shape index (κ3) is 7.24. The van der Waals surface area contributed by atoms with Crippen molar-refractivity contribution in [2.75, 3.05) is 19.8 Å². The lowest BCUT2D eigenvalue weighted by Gasteiger charge is -2.33. The fraction of sp³-hybridized carbons (Fsp3) is 0.438. The second-order valence-corrected chi connectivity index (χ2v) is 11.7. The Morgan fingerprint density at radius 3 is 2.28 bits per heavy atom. The van der Waals surface area contributed by atoms with Crippen molar-refractivity contribution in [3.8, 4) is 23.0 Å². The molecule has 8 nitrogen and oxygen atoms in total. The fourth-order valence-electron chi connectivity index (χ4n) is 5.26. The van der Waals surface area contributed by atoms with Crippen LogP contribution in [0, 0.1) is 0 Å². The molecule has 0 saturated carbocycles. The largest absolute Gasteiger partial charge is 0.507 e. The van der Waals surface area contributed by atoms with E-state index >= 15 is 0 Å². The highest BCUT2D eigenvalue weighted by molar-refractivity contribution is 6.00. The predicted octanol–water partition coefficient (Wildman–Crippen LogP) is 6.59. The number of hydrogen-bond donors (Lipinski definition) is 3. The number of nitrogens with one attached hydrogen (secondary N) is 1. The van der Waals surface area contributed by atoms with Crippen LogP contribution in [0.3, 0.4) is 0 Å². The van der Waals surface area contributed by atoms with Crippen molar-refractivity contribution in [2.24, 2.45) is 0 Å². The van der Waals surface area contributed by atoms with E-state index in [-0.39, 0.29) is 41.7 Å². The molecule has 0 aliphatic carbocycles. The van der Waals surface area contributed by atoms with E-state index in [0.29, 0.717) is 37.5 Å². The first-order valence-corrected chi connectivity index (χ1v) is 14.5. The molecule has 0 radical (unpaired) electrons. The van der Waals surface area contributed by atoms with Crippen molar-refractivity contribution >= 4 is 5.78 Å². The molecule has 14 heteroatoms. The summed E-state index contributed by atoms with van der Waals surface area (Å²) in [6, 6.07) is 9.50. The summed E-state index contributed by atoms with van der Waals surface area (Å²) in [7, 11) is 0. The van der Waals surface area contributed by atoms with Gasteiger partial charge in [0.2, 0.25) is 0 Å². The van der Waals surface area contributed by atoms with E-state index < -0.39 is 40.6 Å². The Hall–Kier alpha value is -3.88. The molecule has 1 unspecified atom stereocenters. The van der Waals surface area contributed by atoms with Crippen molar-refractivity contribution in [1.29, 1.82) is 0 Å². The highest BCUT2D eigenvalue weighted by Gasteiger charge is 2.71. The number of phenols is 1. The molecule has 1 atom stereocenters. The number of Topliss-reactive ketones (excluding diaryl/α,β-unsaturated/α-hetero) is 1. The second kappa shape index (κ2) is 13.1. The molecule has 46 heavy (non-hydrogen) atoms. The first kappa shape index (κ1) is 35.0. The number of aromatic hydroxyl groups is 1. The number of carbonyl (C=O) groups excluding carboxylic acids is 1. The molecule has 250 valence electrons. The van der Waals surface area contributed by atoms with Gasteiger partial charge >= 0.3 is 12.4 Å². The molecule has 3 aromatic rings. The molecule has 1 aliphatic rings. The number of aliphatic hydroxyl groups is 1. The third-order valence-corrected chi connectivity index (χ3v) is 7.59. The molecule has 2 heterocycles. The van der Waals surface area contributed by atoms with Gasteiger partial charge in [-0.1, -0.05) is 19.4 Å². The summed E-state index contributed by atoms with van der Waals surface area (Å²) in [5.74, 6) is -0.248. The number of aromatic nitrogens is 1. The zero-order chi connectivity index (χ0) is 34.1. The molecule has 4 rings (SSSR count). The van der Waals surface area contributed by atoms with Gasteiger partial charge in [-0.25, -0.2) is 0 Å². The summed E-state index contributed by atoms with van der Waals surface area (Å²) in [4.78, 5) is 19.5. The van der Waals surface area contributed by atoms with Crippen molar-refractivity contribution in [1.82, 2.24) is 15.2 Å². The number of hydrogen-bond acceptors (Lipinski definition) is 8. The average Bonchev–Trinajstić information content (AvgIpc) is 3.33. The van der Waals surface area contributed by atoms with Crippen molar-refractivity contribution in [3.63, 3.8) is 0 Å². The highest BCUT2D eigenvalue weighted by atomic mass is 19.4. The molecule has 1 saturated heterocycles. The Kier molecular flexibility index (Phi) is 9.95. The Morgan fingerprint density at radius 1 is 1.04 bits per heavy atom. The number of aryl methyl sites for hydroxylation is 1. The standard InChI is InChI=1S/C32H35F6N3O5/c1-5-6-20-13-21(30(44,31(33,34)35)32(36,37)38)7-11-27(20)46-22-8-10-24(25(42)14-22)26(43)16-41-17-29(4,40-18-41)28-12-9-23(15-39-28)45-19(2)3/h7-15,19,40,42,44H,5-6,16-18H2,1-4H3. The van der Waals surface area contributed by atoms with E-state index in [0.717, 1.165) is 17.8 Å². The summed E-state index contributed by atoms with van der Waals surface area (Å²) < 4.78 is 91.9. The van der Waals surface area contributed by atoms with Gasteiger partial charge in [-0.2, -0.15) is 26.3 Å². The van der Waals surface area contributed by atoms with E-state index in [1.54, 1.807) is 13.1 Å². The average molecular weight is 656 g/mol. The molecule has 3 N–H and O–H groups in total. The van der Waals surface area contributed by atoms with Gasteiger partial charge in [-0.05, 0) is 69.2 Å². The van der Waals surface area contributed by atoms with E-state index in [1.807, 2.05) is 37.8 Å². The van der Waals surface area contributed by atoms with E-state index in [2.05, 4.69) is 10.3 Å². The quantitative estimate of drug-likeness (QED) is 0.157. The van der Waals surface area contributed by atoms with Crippen molar-refractivity contribution in [2.45, 2.75) is 70.1 Å². The summed E-state index contributed by atoms with van der Waals surface area (Å²) in [5.41, 5.74) is -6.27. The van der Waals surface area contributed by atoms with Crippen LogP contribution in [0.25, 0.3) is 0 Å². The molecule has 1 fully saturated rings. The van der Waals surface area contributed by atoms with Gasteiger partial charge in [0.1, 0.15) is 23.0 Å². The van der Waals surface area contributed by atoms with Crippen LogP contribution in [0.1, 0.15) is 61.3 Å². The maximum absolute atomic E-state index is 13.4. The minimum Gasteiger partial charge on any atom is -0.507 e. The van der Waals surface area contributed by atoms with E-state index in [9.17, 15) is 41.4 Å². The molecular formula is C32H35F6N3O5. The van der Waals surface area contributed by atoms with E-state index in [1.165, 1.54) is 12.1 Å². The Labute approximate surface area is 262 Å². The number of ether oxygens (including phenoxy) is 2. The topological polar surface area (TPSA) is 104 Å². The zero-order valence-electron chi connectivity index (χ0n) is 25.6. The molecule has 1 aromatic heterocycles. The monoisotopic (exact) mass is 655 g/mol. The summed E-state index contributed by atoms with van der Waals surface area (Å²) in [5, 5.41) is 23.8. The molecule has 0 bridgehead atoms. The number of halogens is 6. The lowest BCUT2D eigenvalue weighted by Crippen LogP contribution is -2.53. The SMILES string of the molecule is CCCc1cc(C(O)(C(F)(F)F)C(F)(F)F)ccc1Oc1ccc(C(=O)CN2CNC(C)(c3ccc(OC(C)C)cn3)C2)c(O)c1. The Bertz CT molecular complexity index is 1530. The van der Waals surface area contributed by atoms with Crippen LogP contribution in [0.2, 0.25) is 0 Å². The minimum atomic E-state index is -6.03. The second-order valence-electron chi connectivity index (χ2n) is 11.7. The number of pyridine rings is 1. The van der Waals surface area contributed by atoms with Gasteiger partial charge < -0.3 is 19.7 Å². The van der Waals surface area contributed by atoms with Gasteiger partial charge in [0, 0.05) is 24.8 Å². The summed E-state index contributed by atoms with van der Waals surface area (Å²) in [6.07, 6.45) is -10.0. The van der Waals surface area contributed by atoms with Crippen molar-refractivity contribution in [3.05, 3.63) is 77.1 Å². The first-order chi connectivity index (χ1) is 21.4. The Balaban J connectivity index is 1.47. The third-order valence-electron chi connectivity index (χ3n) is 7.59. The zero-order valence-corrected chi connectivity index (χ0v) is 25.6. The van der Waals surface area contributed by atoms with Gasteiger partial charge in [0.15, 0.2) is 5.78 Å². The maximum Gasteiger partial charge on any atom is 0.430 e. The number of rotatable bonds is 11. The number of benzene rings is 2. The molecule has 1 aliphatic heterocycles. The normalized spacial score (nSPS) is 17.8. The number of alkyl halides is 6. The number of ketones is 1. The number of nitrogens with zero attached hydrogens (tertiary/aromatic N) is 2. The van der Waals surface area contributed by atoms with Crippen LogP contribution in [-0.4, -0.2) is 64.1 Å². The van der Waals surface area contributed by atoms with Gasteiger partial charge in [0.25, 0.3) is 5.60 Å². The highest BCUT2D eigenvalue weighted by Crippen LogP contribution is 2.50. The minimum absolute atomic E-state index is 0.00110. The lowest BCUT2D eigenvalue weighted by atomic mass is 9.90. The fourth-order valence-corrected chi connectivity index (χ4v) is 5.26. The molecule has 2 aromatic carbocycles. The first-order valence-electron chi connectivity index (χ1n) is 14.5. The molecule has 0 amide bonds.